The molecule has 2 N–H and O–H groups in total. The fourth-order valence-corrected chi connectivity index (χ4v) is 3.32. The van der Waals surface area contributed by atoms with Crippen LogP contribution in [-0.2, 0) is 22.6 Å². The van der Waals surface area contributed by atoms with E-state index in [9.17, 15) is 9.59 Å². The quantitative estimate of drug-likeness (QED) is 0.591. The Labute approximate surface area is 186 Å². The normalized spacial score (nSPS) is 13.0. The summed E-state index contributed by atoms with van der Waals surface area (Å²) in [6, 6.07) is 23.2. The van der Waals surface area contributed by atoms with Crippen LogP contribution in [0, 0.1) is 0 Å². The fraction of sp³-hybridized carbons (Fsp3) is 0.200. The lowest BCUT2D eigenvalue weighted by Gasteiger charge is -2.21. The average molecular weight is 432 g/mol. The van der Waals surface area contributed by atoms with E-state index in [0.717, 1.165) is 11.1 Å². The topological polar surface area (TPSA) is 85.9 Å². The van der Waals surface area contributed by atoms with Crippen molar-refractivity contribution in [1.82, 2.24) is 5.32 Å². The van der Waals surface area contributed by atoms with Crippen molar-refractivity contribution < 1.29 is 23.8 Å². The maximum absolute atomic E-state index is 13.0. The molecule has 3 aromatic rings. The number of benzene rings is 3. The van der Waals surface area contributed by atoms with E-state index in [1.807, 2.05) is 60.7 Å². The number of nitrogens with one attached hydrogen (secondary N) is 2. The van der Waals surface area contributed by atoms with Gasteiger partial charge in [0.05, 0.1) is 0 Å². The van der Waals surface area contributed by atoms with Crippen molar-refractivity contribution in [3.8, 4) is 11.5 Å². The smallest absolute Gasteiger partial charge is 0.408 e. The van der Waals surface area contributed by atoms with Gasteiger partial charge in [-0.3, -0.25) is 4.79 Å². The molecule has 32 heavy (non-hydrogen) atoms. The maximum Gasteiger partial charge on any atom is 0.408 e. The van der Waals surface area contributed by atoms with E-state index in [-0.39, 0.29) is 12.5 Å². The third kappa shape index (κ3) is 5.78. The van der Waals surface area contributed by atoms with E-state index in [4.69, 9.17) is 14.2 Å². The Morgan fingerprint density at radius 3 is 2.22 bits per heavy atom. The van der Waals surface area contributed by atoms with E-state index >= 15 is 0 Å². The van der Waals surface area contributed by atoms with Crippen LogP contribution in [0.5, 0.6) is 11.5 Å². The van der Waals surface area contributed by atoms with Crippen LogP contribution in [-0.4, -0.2) is 31.3 Å². The second-order valence-electron chi connectivity index (χ2n) is 7.30. The van der Waals surface area contributed by atoms with Crippen molar-refractivity contribution in [3.05, 3.63) is 90.0 Å². The number of hydrogen-bond donors (Lipinski definition) is 2. The molecule has 1 unspecified atom stereocenters. The molecule has 3 aromatic carbocycles. The SMILES string of the molecule is O=C(NC(Cc1ccccc1)C(=O)Nc1ccc2c(c1)OCCO2)OCc1ccccc1. The molecular formula is C25H24N2O5. The molecule has 0 spiro atoms. The number of rotatable bonds is 7. The molecule has 7 heteroatoms. The first-order valence-electron chi connectivity index (χ1n) is 10.4. The summed E-state index contributed by atoms with van der Waals surface area (Å²) in [5.74, 6) is 0.851. The predicted octanol–water partition coefficient (Wildman–Crippen LogP) is 3.93. The zero-order valence-corrected chi connectivity index (χ0v) is 17.5. The van der Waals surface area contributed by atoms with Gasteiger partial charge in [0, 0.05) is 18.2 Å². The number of fused-ring (bicyclic) bond motifs is 1. The summed E-state index contributed by atoms with van der Waals surface area (Å²) in [5.41, 5.74) is 2.33. The minimum Gasteiger partial charge on any atom is -0.486 e. The van der Waals surface area contributed by atoms with Gasteiger partial charge in [-0.05, 0) is 23.3 Å². The standard InChI is InChI=1S/C25H24N2O5/c28-24(26-20-11-12-22-23(16-20)31-14-13-30-22)21(15-18-7-3-1-4-8-18)27-25(29)32-17-19-9-5-2-6-10-19/h1-12,16,21H,13-15,17H2,(H,26,28)(H,27,29). The first-order valence-corrected chi connectivity index (χ1v) is 10.4. The van der Waals surface area contributed by atoms with Crippen LogP contribution in [0.1, 0.15) is 11.1 Å². The van der Waals surface area contributed by atoms with Gasteiger partial charge in [-0.2, -0.15) is 0 Å². The lowest BCUT2D eigenvalue weighted by atomic mass is 10.1. The van der Waals surface area contributed by atoms with E-state index in [1.54, 1.807) is 18.2 Å². The van der Waals surface area contributed by atoms with Crippen LogP contribution in [0.2, 0.25) is 0 Å². The molecule has 7 nitrogen and oxygen atoms in total. The van der Waals surface area contributed by atoms with Crippen molar-refractivity contribution in [3.63, 3.8) is 0 Å². The van der Waals surface area contributed by atoms with Crippen LogP contribution < -0.4 is 20.1 Å². The molecular weight excluding hydrogens is 408 g/mol. The Kier molecular flexibility index (Phi) is 6.87. The lowest BCUT2D eigenvalue weighted by molar-refractivity contribution is -0.118. The van der Waals surface area contributed by atoms with Crippen molar-refractivity contribution in [2.75, 3.05) is 18.5 Å². The van der Waals surface area contributed by atoms with Crippen molar-refractivity contribution >= 4 is 17.7 Å². The second-order valence-corrected chi connectivity index (χ2v) is 7.30. The number of ether oxygens (including phenoxy) is 3. The van der Waals surface area contributed by atoms with Crippen LogP contribution in [0.15, 0.2) is 78.9 Å². The van der Waals surface area contributed by atoms with Gasteiger partial charge in [0.15, 0.2) is 11.5 Å². The molecule has 4 rings (SSSR count). The summed E-state index contributed by atoms with van der Waals surface area (Å²) in [6.45, 7) is 1.07. The van der Waals surface area contributed by atoms with Gasteiger partial charge in [0.25, 0.3) is 0 Å². The Bertz CT molecular complexity index is 1060. The Morgan fingerprint density at radius 1 is 0.844 bits per heavy atom. The summed E-state index contributed by atoms with van der Waals surface area (Å²) in [5, 5.41) is 5.54. The highest BCUT2D eigenvalue weighted by atomic mass is 16.6. The van der Waals surface area contributed by atoms with Crippen LogP contribution in [0.4, 0.5) is 10.5 Å². The zero-order valence-electron chi connectivity index (χ0n) is 17.5. The van der Waals surface area contributed by atoms with E-state index in [1.165, 1.54) is 0 Å². The third-order valence-corrected chi connectivity index (χ3v) is 4.91. The monoisotopic (exact) mass is 432 g/mol. The first kappa shape index (κ1) is 21.2. The highest BCUT2D eigenvalue weighted by Crippen LogP contribution is 2.32. The molecule has 1 aliphatic rings. The third-order valence-electron chi connectivity index (χ3n) is 4.91. The molecule has 0 radical (unpaired) electrons. The van der Waals surface area contributed by atoms with Crippen LogP contribution in [0.25, 0.3) is 0 Å². The molecule has 1 aliphatic heterocycles. The maximum atomic E-state index is 13.0. The minimum atomic E-state index is -0.825. The molecule has 2 amide bonds. The Balaban J connectivity index is 1.43. The van der Waals surface area contributed by atoms with Gasteiger partial charge in [-0.15, -0.1) is 0 Å². The van der Waals surface area contributed by atoms with E-state index in [2.05, 4.69) is 10.6 Å². The number of alkyl carbamates (subject to hydrolysis) is 1. The zero-order chi connectivity index (χ0) is 22.2. The largest absolute Gasteiger partial charge is 0.486 e. The van der Waals surface area contributed by atoms with E-state index < -0.39 is 12.1 Å². The molecule has 0 fully saturated rings. The van der Waals surface area contributed by atoms with E-state index in [0.29, 0.717) is 36.8 Å². The summed E-state index contributed by atoms with van der Waals surface area (Å²) >= 11 is 0. The van der Waals surface area contributed by atoms with Gasteiger partial charge in [0.2, 0.25) is 5.91 Å². The van der Waals surface area contributed by atoms with Crippen molar-refractivity contribution in [2.45, 2.75) is 19.1 Å². The average Bonchev–Trinajstić information content (AvgIpc) is 2.83. The minimum absolute atomic E-state index is 0.120. The van der Waals surface area contributed by atoms with Gasteiger partial charge >= 0.3 is 6.09 Å². The summed E-state index contributed by atoms with van der Waals surface area (Å²) in [4.78, 5) is 25.5. The van der Waals surface area contributed by atoms with Gasteiger partial charge in [0.1, 0.15) is 25.9 Å². The Hall–Kier alpha value is -4.00. The lowest BCUT2D eigenvalue weighted by Crippen LogP contribution is -2.45. The first-order chi connectivity index (χ1) is 15.7. The molecule has 164 valence electrons. The van der Waals surface area contributed by atoms with Gasteiger partial charge in [-0.1, -0.05) is 60.7 Å². The molecule has 0 bridgehead atoms. The number of hydrogen-bond acceptors (Lipinski definition) is 5. The van der Waals surface area contributed by atoms with Gasteiger partial charge < -0.3 is 24.8 Å². The van der Waals surface area contributed by atoms with Gasteiger partial charge in [-0.25, -0.2) is 4.79 Å². The molecule has 0 saturated carbocycles. The molecule has 0 aromatic heterocycles. The summed E-state index contributed by atoms with van der Waals surface area (Å²) < 4.78 is 16.4. The Morgan fingerprint density at radius 2 is 1.50 bits per heavy atom. The number of amides is 2. The highest BCUT2D eigenvalue weighted by molar-refractivity contribution is 5.97. The predicted molar refractivity (Wildman–Crippen MR) is 120 cm³/mol. The van der Waals surface area contributed by atoms with Crippen molar-refractivity contribution in [2.24, 2.45) is 0 Å². The number of carbonyl (C=O) groups excluding carboxylic acids is 2. The van der Waals surface area contributed by atoms with Crippen LogP contribution >= 0.6 is 0 Å². The second kappa shape index (κ2) is 10.3. The molecule has 0 saturated heterocycles. The van der Waals surface area contributed by atoms with Crippen LogP contribution in [0.3, 0.4) is 0 Å². The summed E-state index contributed by atoms with van der Waals surface area (Å²) in [6.07, 6.45) is -0.343. The highest BCUT2D eigenvalue weighted by Gasteiger charge is 2.23. The number of carbonyl (C=O) groups is 2. The molecule has 0 aliphatic carbocycles. The molecule has 1 atom stereocenters. The molecule has 1 heterocycles. The van der Waals surface area contributed by atoms with Crippen molar-refractivity contribution in [1.29, 1.82) is 0 Å². The summed E-state index contributed by atoms with van der Waals surface area (Å²) in [7, 11) is 0. The fourth-order valence-electron chi connectivity index (χ4n) is 3.32. The number of anilines is 1.